The van der Waals surface area contributed by atoms with Crippen LogP contribution in [0, 0.1) is 17.0 Å². The van der Waals surface area contributed by atoms with Crippen LogP contribution < -0.4 is 9.80 Å². The lowest BCUT2D eigenvalue weighted by Gasteiger charge is -2.33. The number of piperazine rings is 1. The average molecular weight is 410 g/mol. The molecular formula is C23H29N4O3+. The van der Waals surface area contributed by atoms with Crippen molar-refractivity contribution in [2.45, 2.75) is 26.3 Å². The van der Waals surface area contributed by atoms with Gasteiger partial charge in [0, 0.05) is 30.8 Å². The van der Waals surface area contributed by atoms with Gasteiger partial charge in [-0.1, -0.05) is 24.3 Å². The Kier molecular flexibility index (Phi) is 5.99. The van der Waals surface area contributed by atoms with Crippen molar-refractivity contribution in [2.24, 2.45) is 0 Å². The van der Waals surface area contributed by atoms with Gasteiger partial charge in [0.1, 0.15) is 6.54 Å². The summed E-state index contributed by atoms with van der Waals surface area (Å²) in [7, 11) is 0. The normalized spacial score (nSPS) is 17.4. The summed E-state index contributed by atoms with van der Waals surface area (Å²) in [6, 6.07) is 13.2. The predicted octanol–water partition coefficient (Wildman–Crippen LogP) is 2.04. The zero-order chi connectivity index (χ0) is 21.1. The van der Waals surface area contributed by atoms with Crippen LogP contribution in [0.3, 0.4) is 0 Å². The van der Waals surface area contributed by atoms with E-state index in [9.17, 15) is 14.9 Å². The molecule has 0 radical (unpaired) electrons. The zero-order valence-corrected chi connectivity index (χ0v) is 17.5. The molecule has 2 fully saturated rings. The number of rotatable bonds is 5. The van der Waals surface area contributed by atoms with Crippen LogP contribution in [-0.2, 0) is 6.54 Å². The largest absolute Gasteiger partial charge is 0.371 e. The first-order valence-corrected chi connectivity index (χ1v) is 10.7. The van der Waals surface area contributed by atoms with Gasteiger partial charge in [-0.15, -0.1) is 0 Å². The Bertz CT molecular complexity index is 932. The lowest BCUT2D eigenvalue weighted by atomic mass is 10.1. The molecule has 1 amide bonds. The molecule has 2 saturated heterocycles. The van der Waals surface area contributed by atoms with Crippen molar-refractivity contribution in [3.05, 3.63) is 69.3 Å². The van der Waals surface area contributed by atoms with E-state index in [2.05, 4.69) is 36.1 Å². The summed E-state index contributed by atoms with van der Waals surface area (Å²) in [5, 5.41) is 11.3. The first-order chi connectivity index (χ1) is 14.5. The van der Waals surface area contributed by atoms with Gasteiger partial charge in [-0.05, 0) is 31.4 Å². The van der Waals surface area contributed by atoms with E-state index < -0.39 is 4.92 Å². The lowest BCUT2D eigenvalue weighted by molar-refractivity contribution is -0.917. The molecule has 2 aliphatic rings. The number of anilines is 1. The fourth-order valence-electron chi connectivity index (χ4n) is 4.49. The summed E-state index contributed by atoms with van der Waals surface area (Å²) in [6.45, 7) is 7.99. The molecule has 0 atom stereocenters. The van der Waals surface area contributed by atoms with Gasteiger partial charge < -0.3 is 14.7 Å². The van der Waals surface area contributed by atoms with Gasteiger partial charge in [0.15, 0.2) is 0 Å². The van der Waals surface area contributed by atoms with Crippen LogP contribution in [0.15, 0.2) is 42.5 Å². The molecule has 0 saturated carbocycles. The van der Waals surface area contributed by atoms with E-state index in [-0.39, 0.29) is 11.6 Å². The van der Waals surface area contributed by atoms with E-state index in [4.69, 9.17) is 0 Å². The second-order valence-corrected chi connectivity index (χ2v) is 8.30. The van der Waals surface area contributed by atoms with Gasteiger partial charge in [-0.3, -0.25) is 14.9 Å². The fourth-order valence-corrected chi connectivity index (χ4v) is 4.49. The molecule has 0 aliphatic carbocycles. The third-order valence-corrected chi connectivity index (χ3v) is 6.33. The van der Waals surface area contributed by atoms with Crippen LogP contribution >= 0.6 is 0 Å². The van der Waals surface area contributed by atoms with Crippen molar-refractivity contribution >= 4 is 17.3 Å². The third kappa shape index (κ3) is 4.31. The Morgan fingerprint density at radius 2 is 1.77 bits per heavy atom. The van der Waals surface area contributed by atoms with Crippen molar-refractivity contribution < 1.29 is 14.6 Å². The minimum atomic E-state index is -0.422. The number of carbonyl (C=O) groups is 1. The number of non-ortho nitro benzene ring substituents is 1. The van der Waals surface area contributed by atoms with Crippen LogP contribution in [-0.4, -0.2) is 55.0 Å². The Labute approximate surface area is 177 Å². The summed E-state index contributed by atoms with van der Waals surface area (Å²) in [4.78, 5) is 29.7. The molecule has 1 N–H and O–H groups in total. The minimum absolute atomic E-state index is 0.0230. The molecule has 2 heterocycles. The Morgan fingerprint density at radius 3 is 2.43 bits per heavy atom. The number of amides is 1. The first kappa shape index (κ1) is 20.3. The number of nitro groups is 1. The number of quaternary nitrogens is 1. The smallest absolute Gasteiger partial charge is 0.270 e. The summed E-state index contributed by atoms with van der Waals surface area (Å²) < 4.78 is 0. The Hall–Kier alpha value is -2.93. The monoisotopic (exact) mass is 409 g/mol. The van der Waals surface area contributed by atoms with Crippen LogP contribution in [0.5, 0.6) is 0 Å². The molecule has 0 aromatic heterocycles. The van der Waals surface area contributed by atoms with E-state index in [0.717, 1.165) is 51.3 Å². The van der Waals surface area contributed by atoms with Crippen LogP contribution in [0.2, 0.25) is 0 Å². The fraction of sp³-hybridized carbons (Fsp3) is 0.435. The summed E-state index contributed by atoms with van der Waals surface area (Å²) in [5.41, 5.74) is 3.92. The highest BCUT2D eigenvalue weighted by atomic mass is 16.6. The molecule has 0 unspecified atom stereocenters. The van der Waals surface area contributed by atoms with Gasteiger partial charge >= 0.3 is 0 Å². The predicted molar refractivity (Wildman–Crippen MR) is 116 cm³/mol. The highest BCUT2D eigenvalue weighted by molar-refractivity contribution is 6.00. The topological polar surface area (TPSA) is 71.1 Å². The molecule has 7 heteroatoms. The van der Waals surface area contributed by atoms with E-state index >= 15 is 0 Å². The van der Waals surface area contributed by atoms with Crippen molar-refractivity contribution in [3.8, 4) is 0 Å². The van der Waals surface area contributed by atoms with Gasteiger partial charge in [-0.2, -0.15) is 0 Å². The number of aryl methyl sites for hydroxylation is 1. The maximum atomic E-state index is 13.3. The van der Waals surface area contributed by atoms with Gasteiger partial charge in [0.25, 0.3) is 11.6 Å². The number of benzene rings is 2. The van der Waals surface area contributed by atoms with Crippen molar-refractivity contribution in [3.63, 3.8) is 0 Å². The number of nitrogens with zero attached hydrogens (tertiary/aromatic N) is 3. The number of nitrogens with one attached hydrogen (secondary N) is 1. The number of nitro benzene ring substituents is 1. The van der Waals surface area contributed by atoms with Gasteiger partial charge in [-0.25, -0.2) is 0 Å². The average Bonchev–Trinajstić information content (AvgIpc) is 3.30. The highest BCUT2D eigenvalue weighted by Crippen LogP contribution is 2.29. The lowest BCUT2D eigenvalue weighted by Crippen LogP contribution is -3.13. The molecule has 2 aliphatic heterocycles. The van der Waals surface area contributed by atoms with E-state index in [1.807, 2.05) is 4.90 Å². The van der Waals surface area contributed by atoms with Crippen LogP contribution in [0.25, 0.3) is 0 Å². The molecule has 0 spiro atoms. The molecule has 2 aromatic rings. The standard InChI is InChI=1S/C23H28N4O3/c1-18-6-2-3-7-19(18)17-24-12-14-26(15-13-24)23(28)21-16-20(27(29)30)8-9-22(21)25-10-4-5-11-25/h2-3,6-9,16H,4-5,10-15,17H2,1H3/p+1. The molecule has 30 heavy (non-hydrogen) atoms. The van der Waals surface area contributed by atoms with Crippen molar-refractivity contribution in [1.82, 2.24) is 4.90 Å². The van der Waals surface area contributed by atoms with E-state index in [0.29, 0.717) is 18.7 Å². The van der Waals surface area contributed by atoms with E-state index in [1.165, 1.54) is 28.2 Å². The molecular weight excluding hydrogens is 380 g/mol. The maximum absolute atomic E-state index is 13.3. The van der Waals surface area contributed by atoms with E-state index in [1.54, 1.807) is 6.07 Å². The summed E-state index contributed by atoms with van der Waals surface area (Å²) >= 11 is 0. The molecule has 4 rings (SSSR count). The quantitative estimate of drug-likeness (QED) is 0.606. The van der Waals surface area contributed by atoms with Gasteiger partial charge in [0.05, 0.1) is 42.4 Å². The van der Waals surface area contributed by atoms with Crippen LogP contribution in [0.4, 0.5) is 11.4 Å². The van der Waals surface area contributed by atoms with Crippen molar-refractivity contribution in [2.75, 3.05) is 44.2 Å². The third-order valence-electron chi connectivity index (χ3n) is 6.33. The van der Waals surface area contributed by atoms with Crippen LogP contribution in [0.1, 0.15) is 34.3 Å². The van der Waals surface area contributed by atoms with Crippen molar-refractivity contribution in [1.29, 1.82) is 0 Å². The van der Waals surface area contributed by atoms with Gasteiger partial charge in [0.2, 0.25) is 0 Å². The number of hydrogen-bond acceptors (Lipinski definition) is 4. The zero-order valence-electron chi connectivity index (χ0n) is 17.5. The number of carbonyl (C=O) groups excluding carboxylic acids is 1. The second-order valence-electron chi connectivity index (χ2n) is 8.30. The number of hydrogen-bond donors (Lipinski definition) is 1. The Morgan fingerprint density at radius 1 is 1.07 bits per heavy atom. The molecule has 2 aromatic carbocycles. The highest BCUT2D eigenvalue weighted by Gasteiger charge is 2.29. The molecule has 0 bridgehead atoms. The minimum Gasteiger partial charge on any atom is -0.371 e. The molecule has 158 valence electrons. The first-order valence-electron chi connectivity index (χ1n) is 10.7. The SMILES string of the molecule is Cc1ccccc1C[NH+]1CCN(C(=O)c2cc([N+](=O)[O-])ccc2N2CCCC2)CC1. The Balaban J connectivity index is 1.47. The second kappa shape index (κ2) is 8.83. The molecule has 7 nitrogen and oxygen atoms in total. The summed E-state index contributed by atoms with van der Waals surface area (Å²) in [6.07, 6.45) is 2.18. The summed E-state index contributed by atoms with van der Waals surface area (Å²) in [5.74, 6) is -0.0875. The maximum Gasteiger partial charge on any atom is 0.270 e.